The highest BCUT2D eigenvalue weighted by Crippen LogP contribution is 2.28. The van der Waals surface area contributed by atoms with Gasteiger partial charge < -0.3 is 9.84 Å². The number of aliphatic hydroxyl groups excluding tert-OH is 1. The quantitative estimate of drug-likeness (QED) is 0.490. The average molecular weight is 479 g/mol. The molecule has 32 heavy (non-hydrogen) atoms. The highest BCUT2D eigenvalue weighted by atomic mass is 35.5. The number of nitrogens with zero attached hydrogens (tertiary/aromatic N) is 2. The maximum atomic E-state index is 13.0. The molecule has 2 atom stereocenters. The minimum absolute atomic E-state index is 0.0696. The number of halogens is 1. The van der Waals surface area contributed by atoms with Crippen LogP contribution in [0.25, 0.3) is 0 Å². The van der Waals surface area contributed by atoms with Crippen molar-refractivity contribution in [1.29, 1.82) is 0 Å². The first-order chi connectivity index (χ1) is 15.2. The summed E-state index contributed by atoms with van der Waals surface area (Å²) in [7, 11) is -4.08. The van der Waals surface area contributed by atoms with Crippen molar-refractivity contribution in [2.24, 2.45) is 0 Å². The lowest BCUT2D eigenvalue weighted by molar-refractivity contribution is -0.147. The zero-order chi connectivity index (χ0) is 23.0. The number of amides is 2. The third-order valence-electron chi connectivity index (χ3n) is 5.36. The number of fused-ring (bicyclic) bond motifs is 1. The molecule has 2 heterocycles. The number of benzene rings is 2. The van der Waals surface area contributed by atoms with Crippen molar-refractivity contribution < 1.29 is 32.6 Å². The number of hydrogen-bond acceptors (Lipinski definition) is 7. The Morgan fingerprint density at radius 1 is 1.06 bits per heavy atom. The average Bonchev–Trinajstić information content (AvgIpc) is 3.28. The first-order valence-corrected chi connectivity index (χ1v) is 11.6. The minimum atomic E-state index is -4.08. The second kappa shape index (κ2) is 8.62. The van der Waals surface area contributed by atoms with Crippen LogP contribution in [0.4, 0.5) is 0 Å². The van der Waals surface area contributed by atoms with Crippen LogP contribution in [0.15, 0.2) is 53.4 Å². The van der Waals surface area contributed by atoms with E-state index in [0.717, 1.165) is 9.21 Å². The fraction of sp³-hybridized carbons (Fsp3) is 0.286. The highest BCUT2D eigenvalue weighted by Gasteiger charge is 2.44. The lowest BCUT2D eigenvalue weighted by Crippen LogP contribution is -2.42. The minimum Gasteiger partial charge on any atom is -0.463 e. The lowest BCUT2D eigenvalue weighted by Gasteiger charge is -2.23. The van der Waals surface area contributed by atoms with Gasteiger partial charge in [-0.15, -0.1) is 0 Å². The van der Waals surface area contributed by atoms with E-state index in [2.05, 4.69) is 0 Å². The van der Waals surface area contributed by atoms with E-state index >= 15 is 0 Å². The van der Waals surface area contributed by atoms with Gasteiger partial charge in [-0.25, -0.2) is 8.42 Å². The van der Waals surface area contributed by atoms with Gasteiger partial charge in [0.2, 0.25) is 10.0 Å². The molecule has 1 fully saturated rings. The van der Waals surface area contributed by atoms with Gasteiger partial charge in [0.25, 0.3) is 11.8 Å². The van der Waals surface area contributed by atoms with E-state index in [0.29, 0.717) is 5.02 Å². The molecule has 2 amide bonds. The zero-order valence-electron chi connectivity index (χ0n) is 16.7. The molecule has 1 saturated heterocycles. The summed E-state index contributed by atoms with van der Waals surface area (Å²) >= 11 is 5.81. The number of aliphatic hydroxyl groups is 1. The Morgan fingerprint density at radius 2 is 1.66 bits per heavy atom. The number of sulfonamides is 1. The van der Waals surface area contributed by atoms with E-state index in [1.54, 1.807) is 24.3 Å². The first kappa shape index (κ1) is 22.4. The van der Waals surface area contributed by atoms with E-state index < -0.39 is 40.0 Å². The van der Waals surface area contributed by atoms with Crippen molar-refractivity contribution >= 4 is 39.4 Å². The van der Waals surface area contributed by atoms with Crippen molar-refractivity contribution in [3.63, 3.8) is 0 Å². The summed E-state index contributed by atoms with van der Waals surface area (Å²) in [5, 5.41) is 10.4. The molecule has 2 aromatic rings. The molecule has 0 saturated carbocycles. The number of imide groups is 1. The maximum Gasteiger partial charge on any atom is 0.324 e. The van der Waals surface area contributed by atoms with Gasteiger partial charge in [0.05, 0.1) is 28.7 Å². The molecular weight excluding hydrogens is 460 g/mol. The van der Waals surface area contributed by atoms with Crippen LogP contribution in [0.2, 0.25) is 5.02 Å². The van der Waals surface area contributed by atoms with Gasteiger partial charge in [-0.2, -0.15) is 4.31 Å². The zero-order valence-corrected chi connectivity index (χ0v) is 18.3. The van der Waals surface area contributed by atoms with Crippen molar-refractivity contribution in [1.82, 2.24) is 9.21 Å². The van der Waals surface area contributed by atoms with Gasteiger partial charge in [0.1, 0.15) is 12.6 Å². The van der Waals surface area contributed by atoms with Crippen molar-refractivity contribution in [3.8, 4) is 0 Å². The number of hydrogen-bond donors (Lipinski definition) is 1. The summed E-state index contributed by atoms with van der Waals surface area (Å²) in [6.45, 7) is -0.730. The summed E-state index contributed by atoms with van der Waals surface area (Å²) in [6.07, 6.45) is -1.16. The van der Waals surface area contributed by atoms with Crippen LogP contribution in [-0.4, -0.2) is 72.4 Å². The number of ether oxygens (including phenoxy) is 1. The molecule has 4 rings (SSSR count). The van der Waals surface area contributed by atoms with Crippen molar-refractivity contribution in [2.75, 3.05) is 19.7 Å². The molecule has 11 heteroatoms. The van der Waals surface area contributed by atoms with Gasteiger partial charge >= 0.3 is 5.97 Å². The predicted molar refractivity (Wildman–Crippen MR) is 113 cm³/mol. The van der Waals surface area contributed by atoms with Gasteiger partial charge in [0, 0.05) is 18.0 Å². The standard InChI is InChI=1S/C21H19ClN2O7S/c22-13-5-7-15(8-6-13)32(29,30)24-12-14(25)11-18(24)21(28)31-10-9-23-19(26)16-3-1-2-4-17(16)20(23)27/h1-8,14,18,25H,9-12H2/t14?,18-/m0/s1. The Kier molecular flexibility index (Phi) is 6.04. The molecule has 1 unspecified atom stereocenters. The number of esters is 1. The molecule has 0 aromatic heterocycles. The second-order valence-electron chi connectivity index (χ2n) is 7.41. The summed E-state index contributed by atoms with van der Waals surface area (Å²) < 4.78 is 32.0. The molecule has 2 aliphatic heterocycles. The number of rotatable bonds is 6. The fourth-order valence-electron chi connectivity index (χ4n) is 3.78. The molecule has 9 nitrogen and oxygen atoms in total. The largest absolute Gasteiger partial charge is 0.463 e. The molecule has 168 valence electrons. The first-order valence-electron chi connectivity index (χ1n) is 9.77. The van der Waals surface area contributed by atoms with Crippen LogP contribution in [0, 0.1) is 0 Å². The topological polar surface area (TPSA) is 121 Å². The van der Waals surface area contributed by atoms with Gasteiger partial charge in [-0.05, 0) is 36.4 Å². The summed E-state index contributed by atoms with van der Waals surface area (Å²) in [5.41, 5.74) is 0.561. The van der Waals surface area contributed by atoms with Gasteiger partial charge in [0.15, 0.2) is 0 Å². The normalized spacial score (nSPS) is 21.1. The van der Waals surface area contributed by atoms with E-state index in [1.807, 2.05) is 0 Å². The number of β-amino-alcohol motifs (C(OH)–C–C–N with tert-alkyl or cyclic N) is 1. The Labute approximate surface area is 189 Å². The SMILES string of the molecule is O=C(OCCN1C(=O)c2ccccc2C1=O)[C@@H]1CC(O)CN1S(=O)(=O)c1ccc(Cl)cc1. The molecule has 1 N–H and O–H groups in total. The van der Waals surface area contributed by atoms with Gasteiger partial charge in [-0.1, -0.05) is 23.7 Å². The Balaban J connectivity index is 1.42. The molecule has 2 aliphatic rings. The molecular formula is C21H19ClN2O7S. The summed E-state index contributed by atoms with van der Waals surface area (Å²) in [6, 6.07) is 10.6. The maximum absolute atomic E-state index is 13.0. The Hall–Kier alpha value is -2.79. The third kappa shape index (κ3) is 4.02. The highest BCUT2D eigenvalue weighted by molar-refractivity contribution is 7.89. The van der Waals surface area contributed by atoms with Crippen molar-refractivity contribution in [2.45, 2.75) is 23.5 Å². The van der Waals surface area contributed by atoms with Crippen LogP contribution in [0.1, 0.15) is 27.1 Å². The molecule has 0 spiro atoms. The monoisotopic (exact) mass is 478 g/mol. The molecule has 2 aromatic carbocycles. The van der Waals surface area contributed by atoms with E-state index in [9.17, 15) is 27.9 Å². The summed E-state index contributed by atoms with van der Waals surface area (Å²) in [5.74, 6) is -1.83. The smallest absolute Gasteiger partial charge is 0.324 e. The number of carbonyl (C=O) groups excluding carboxylic acids is 3. The van der Waals surface area contributed by atoms with Gasteiger partial charge in [-0.3, -0.25) is 19.3 Å². The van der Waals surface area contributed by atoms with Crippen LogP contribution in [0.3, 0.4) is 0 Å². The Morgan fingerprint density at radius 3 is 2.25 bits per heavy atom. The molecule has 0 radical (unpaired) electrons. The third-order valence-corrected chi connectivity index (χ3v) is 7.50. The van der Waals surface area contributed by atoms with E-state index in [4.69, 9.17) is 16.3 Å². The van der Waals surface area contributed by atoms with Crippen LogP contribution < -0.4 is 0 Å². The molecule has 0 aliphatic carbocycles. The fourth-order valence-corrected chi connectivity index (χ4v) is 5.53. The predicted octanol–water partition coefficient (Wildman–Crippen LogP) is 1.30. The van der Waals surface area contributed by atoms with Crippen LogP contribution >= 0.6 is 11.6 Å². The van der Waals surface area contributed by atoms with Crippen LogP contribution in [-0.2, 0) is 19.6 Å². The van der Waals surface area contributed by atoms with E-state index in [1.165, 1.54) is 24.3 Å². The Bertz CT molecular complexity index is 1150. The van der Waals surface area contributed by atoms with Crippen molar-refractivity contribution in [3.05, 3.63) is 64.7 Å². The second-order valence-corrected chi connectivity index (χ2v) is 9.74. The van der Waals surface area contributed by atoms with Crippen LogP contribution in [0.5, 0.6) is 0 Å². The summed E-state index contributed by atoms with van der Waals surface area (Å²) in [4.78, 5) is 38.3. The number of carbonyl (C=O) groups is 3. The van der Waals surface area contributed by atoms with E-state index in [-0.39, 0.29) is 42.1 Å². The molecule has 0 bridgehead atoms. The lowest BCUT2D eigenvalue weighted by atomic mass is 10.1.